The number of aromatic nitrogens is 4. The van der Waals surface area contributed by atoms with Crippen molar-refractivity contribution in [2.45, 2.75) is 104 Å². The van der Waals surface area contributed by atoms with Crippen molar-refractivity contribution in [3.05, 3.63) is 125 Å². The summed E-state index contributed by atoms with van der Waals surface area (Å²) in [6.45, 7) is 26.2. The number of methoxy groups -OCH3 is 4. The maximum absolute atomic E-state index is 13.2. The Hall–Kier alpha value is -9.12. The second-order valence-corrected chi connectivity index (χ2v) is 33.7. The summed E-state index contributed by atoms with van der Waals surface area (Å²) in [6, 6.07) is 24.8. The number of hydrogen-bond acceptors (Lipinski definition) is 20. The van der Waals surface area contributed by atoms with Gasteiger partial charge in [-0.15, -0.1) is 0 Å². The normalized spacial score (nSPS) is 13.5. The van der Waals surface area contributed by atoms with Crippen LogP contribution in [0, 0.1) is 0 Å². The van der Waals surface area contributed by atoms with E-state index in [9.17, 15) is 9.59 Å². The highest BCUT2D eigenvalue weighted by molar-refractivity contribution is 6.74. The van der Waals surface area contributed by atoms with Crippen LogP contribution in [-0.4, -0.2) is 117 Å². The molecule has 0 unspecified atom stereocenters. The van der Waals surface area contributed by atoms with Crippen LogP contribution in [0.15, 0.2) is 111 Å². The lowest BCUT2D eigenvalue weighted by atomic mass is 10.1. The molecule has 0 aliphatic carbocycles. The molecule has 3 aliphatic heterocycles. The standard InChI is InChI=1S/C30H36N4O7Si.C19H18N2O4.C11H18N4O3Si.C4H8O/c1-30(2,3)42(6,7)39-18-20-15-28(33-41-20)32-29(35)34-12-13-38-25-14-19(8-9-23(25)34)40-24-10-11-31-22-17-27(37-5)26(36-4)16-21(22)24;1-22-18-10-13-15(11-19(18)23-2)20-6-5-16(13)25-12-3-4-14-17(9-12)24-8-7-21-14;1-11(2,3)19(4,5)17-7-8-6-9(14-18-8)10(16)13-15-12;1-2-4-5-3-1/h8-11,14-17H,12-13,18H2,1-7H3,(H,32,33,35);3-6,9-11,21H,7-8H2,1-2H3;6H,7H2,1-5H3;1-4H2. The van der Waals surface area contributed by atoms with E-state index in [0.717, 1.165) is 47.5 Å². The second kappa shape index (κ2) is 30.1. The van der Waals surface area contributed by atoms with Gasteiger partial charge >= 0.3 is 6.03 Å². The SMILES string of the molecule is C1CCOC1.CC(C)(C)[Si](C)(C)OCc1cc(C(=O)N=[N+]=[N-])no1.COc1cc2nccc(Oc3ccc4c(c3)OCCN4)c2cc1OC.COc1cc2nccc(Oc3ccc4c(c3)OCCN4C(=O)Nc3cc(CO[Si](C)(C)C(C)(C)C)on3)c2cc1OC. The Kier molecular flexibility index (Phi) is 22.5. The molecular formula is C64H80N10O15Si2. The molecule has 0 radical (unpaired) electrons. The summed E-state index contributed by atoms with van der Waals surface area (Å²) in [6.07, 6.45) is 5.93. The van der Waals surface area contributed by atoms with Crippen LogP contribution in [0.2, 0.25) is 36.3 Å². The first-order valence-corrected chi connectivity index (χ1v) is 35.4. The van der Waals surface area contributed by atoms with Gasteiger partial charge in [-0.3, -0.25) is 25.0 Å². The van der Waals surface area contributed by atoms with Crippen molar-refractivity contribution in [1.82, 2.24) is 20.3 Å². The van der Waals surface area contributed by atoms with Crippen molar-refractivity contribution >= 4 is 67.6 Å². The number of carbonyl (C=O) groups is 2. The first-order chi connectivity index (χ1) is 43.4. The van der Waals surface area contributed by atoms with Crippen molar-refractivity contribution in [3.63, 3.8) is 0 Å². The largest absolute Gasteiger partial charge is 0.493 e. The van der Waals surface area contributed by atoms with Gasteiger partial charge in [-0.1, -0.05) is 51.9 Å². The van der Waals surface area contributed by atoms with Gasteiger partial charge < -0.3 is 65.8 Å². The van der Waals surface area contributed by atoms with E-state index in [0.29, 0.717) is 107 Å². The minimum Gasteiger partial charge on any atom is -0.493 e. The van der Waals surface area contributed by atoms with Gasteiger partial charge in [0.2, 0.25) is 0 Å². The number of benzene rings is 4. The van der Waals surface area contributed by atoms with Gasteiger partial charge in [0, 0.05) is 84.2 Å². The lowest BCUT2D eigenvalue weighted by Crippen LogP contribution is -2.40. The lowest BCUT2D eigenvalue weighted by molar-refractivity contribution is 0.0991. The zero-order valence-electron chi connectivity index (χ0n) is 54.0. The van der Waals surface area contributed by atoms with Crippen LogP contribution in [0.25, 0.3) is 32.2 Å². The molecule has 3 aliphatic rings. The minimum absolute atomic E-state index is 0.00775. The van der Waals surface area contributed by atoms with E-state index >= 15 is 0 Å². The average molecular weight is 1290 g/mol. The highest BCUT2D eigenvalue weighted by Crippen LogP contribution is 2.43. The van der Waals surface area contributed by atoms with Crippen molar-refractivity contribution < 1.29 is 70.1 Å². The van der Waals surface area contributed by atoms with E-state index in [2.05, 4.69) is 109 Å². The molecule has 0 atom stereocenters. The number of hydrogen-bond donors (Lipinski definition) is 2. The topological polar surface area (TPSA) is 290 Å². The van der Waals surface area contributed by atoms with Gasteiger partial charge in [0.15, 0.2) is 62.7 Å². The number of amides is 3. The smallest absolute Gasteiger partial charge is 0.327 e. The molecule has 4 aromatic carbocycles. The number of pyridine rings is 2. The van der Waals surface area contributed by atoms with Crippen LogP contribution in [0.1, 0.15) is 76.4 Å². The number of anilines is 3. The molecule has 0 bridgehead atoms. The Morgan fingerprint density at radius 3 is 1.68 bits per heavy atom. The Morgan fingerprint density at radius 1 is 0.637 bits per heavy atom. The van der Waals surface area contributed by atoms with E-state index in [1.54, 1.807) is 82.1 Å². The molecule has 484 valence electrons. The van der Waals surface area contributed by atoms with Crippen molar-refractivity contribution in [2.24, 2.45) is 5.11 Å². The van der Waals surface area contributed by atoms with Crippen molar-refractivity contribution in [1.29, 1.82) is 0 Å². The number of fused-ring (bicyclic) bond motifs is 4. The van der Waals surface area contributed by atoms with E-state index in [4.69, 9.17) is 66.1 Å². The first-order valence-electron chi connectivity index (χ1n) is 29.5. The van der Waals surface area contributed by atoms with Gasteiger partial charge in [0.1, 0.15) is 47.7 Å². The maximum Gasteiger partial charge on any atom is 0.327 e. The molecule has 1 fully saturated rings. The van der Waals surface area contributed by atoms with E-state index < -0.39 is 22.5 Å². The zero-order valence-corrected chi connectivity index (χ0v) is 56.0. The van der Waals surface area contributed by atoms with Crippen LogP contribution < -0.4 is 53.4 Å². The second-order valence-electron chi connectivity index (χ2n) is 24.0. The number of urea groups is 1. The Morgan fingerprint density at radius 2 is 1.15 bits per heavy atom. The van der Waals surface area contributed by atoms with Gasteiger partial charge in [-0.2, -0.15) is 0 Å². The third-order valence-electron chi connectivity index (χ3n) is 15.8. The molecule has 2 N–H and O–H groups in total. The molecule has 3 amide bonds. The Balaban J connectivity index is 0.000000183. The molecule has 8 aromatic rings. The van der Waals surface area contributed by atoms with E-state index in [1.165, 1.54) is 18.9 Å². The number of nitrogens with one attached hydrogen (secondary N) is 2. The summed E-state index contributed by atoms with van der Waals surface area (Å²) in [5.74, 6) is 6.81. The molecule has 0 spiro atoms. The van der Waals surface area contributed by atoms with E-state index in [-0.39, 0.29) is 28.4 Å². The average Bonchev–Trinajstić information content (AvgIpc) is 1.30. The number of nitrogens with zero attached hydrogens (tertiary/aromatic N) is 8. The Labute approximate surface area is 530 Å². The number of carbonyl (C=O) groups excluding carboxylic acids is 2. The molecule has 0 saturated carbocycles. The highest BCUT2D eigenvalue weighted by Gasteiger charge is 2.38. The molecule has 1 saturated heterocycles. The third kappa shape index (κ3) is 17.4. The fourth-order valence-electron chi connectivity index (χ4n) is 8.62. The van der Waals surface area contributed by atoms with Gasteiger partial charge in [0.05, 0.1) is 70.6 Å². The molecule has 27 heteroatoms. The van der Waals surface area contributed by atoms with Crippen molar-refractivity contribution in [3.8, 4) is 57.5 Å². The minimum atomic E-state index is -1.95. The zero-order chi connectivity index (χ0) is 65.5. The monoisotopic (exact) mass is 1280 g/mol. The van der Waals surface area contributed by atoms with Gasteiger partial charge in [-0.25, -0.2) is 4.79 Å². The maximum atomic E-state index is 13.2. The van der Waals surface area contributed by atoms with Crippen LogP contribution in [-0.2, 0) is 26.8 Å². The fraction of sp³-hybridized carbons (Fsp3) is 0.406. The predicted octanol–water partition coefficient (Wildman–Crippen LogP) is 15.3. The summed E-state index contributed by atoms with van der Waals surface area (Å²) in [7, 11) is 2.54. The first kappa shape index (κ1) is 67.8. The summed E-state index contributed by atoms with van der Waals surface area (Å²) in [4.78, 5) is 37.3. The summed E-state index contributed by atoms with van der Waals surface area (Å²) in [5.41, 5.74) is 11.2. The highest BCUT2D eigenvalue weighted by atomic mass is 28.4. The molecule has 11 rings (SSSR count). The van der Waals surface area contributed by atoms with Gasteiger partial charge in [-0.05, 0) is 108 Å². The molecule has 7 heterocycles. The number of ether oxygens (including phenoxy) is 9. The van der Waals surface area contributed by atoms with Crippen LogP contribution >= 0.6 is 0 Å². The third-order valence-corrected chi connectivity index (χ3v) is 24.8. The number of azide groups is 1. The molecule has 4 aromatic heterocycles. The van der Waals surface area contributed by atoms with Crippen molar-refractivity contribution in [2.75, 3.05) is 83.5 Å². The Bertz CT molecular complexity index is 3850. The fourth-order valence-corrected chi connectivity index (χ4v) is 10.5. The van der Waals surface area contributed by atoms with Crippen LogP contribution in [0.5, 0.6) is 57.5 Å². The number of rotatable bonds is 16. The predicted molar refractivity (Wildman–Crippen MR) is 349 cm³/mol. The van der Waals surface area contributed by atoms with Crippen LogP contribution in [0.4, 0.5) is 22.0 Å². The molecule has 91 heavy (non-hydrogen) atoms. The summed E-state index contributed by atoms with van der Waals surface area (Å²) >= 11 is 0. The van der Waals surface area contributed by atoms with Crippen LogP contribution in [0.3, 0.4) is 0 Å². The lowest BCUT2D eigenvalue weighted by Gasteiger charge is -2.35. The summed E-state index contributed by atoms with van der Waals surface area (Å²) < 4.78 is 72.9. The summed E-state index contributed by atoms with van der Waals surface area (Å²) in [5, 5.41) is 18.4. The van der Waals surface area contributed by atoms with Gasteiger partial charge in [0.25, 0.3) is 5.91 Å². The molecule has 25 nitrogen and oxygen atoms in total. The molecular weight excluding hydrogens is 1200 g/mol. The quantitative estimate of drug-likeness (QED) is 0.0393. The van der Waals surface area contributed by atoms with E-state index in [1.807, 2.05) is 42.5 Å².